The number of amides is 1. The average molecular weight is 518 g/mol. The first kappa shape index (κ1) is 23.4. The van der Waals surface area contributed by atoms with Crippen molar-refractivity contribution in [3.05, 3.63) is 88.4 Å². The molecule has 0 saturated heterocycles. The number of aromatic hydroxyl groups is 1. The summed E-state index contributed by atoms with van der Waals surface area (Å²) < 4.78 is 6.72. The predicted octanol–water partition coefficient (Wildman–Crippen LogP) is 6.31. The number of aromatic nitrogens is 1. The third-order valence-corrected chi connectivity index (χ3v) is 5.64. The number of rotatable bonds is 6. The van der Waals surface area contributed by atoms with Crippen LogP contribution in [0.25, 0.3) is 22.2 Å². The number of para-hydroxylation sites is 1. The SMILES string of the molecule is C/C(=N\NC(=O)c1cc(-c2ccc(O)cc2)nc2ccc(Br)cc12)c1ccccc1OC(C)C. The van der Waals surface area contributed by atoms with Crippen LogP contribution in [-0.2, 0) is 0 Å². The molecule has 0 spiro atoms. The van der Waals surface area contributed by atoms with E-state index in [4.69, 9.17) is 9.72 Å². The third kappa shape index (κ3) is 5.26. The van der Waals surface area contributed by atoms with Crippen molar-refractivity contribution in [1.29, 1.82) is 0 Å². The van der Waals surface area contributed by atoms with Gasteiger partial charge in [-0.05, 0) is 81.4 Å². The second-order valence-corrected chi connectivity index (χ2v) is 8.98. The summed E-state index contributed by atoms with van der Waals surface area (Å²) in [5.41, 5.74) is 6.65. The molecular formula is C27H24BrN3O3. The fourth-order valence-electron chi connectivity index (χ4n) is 3.54. The third-order valence-electron chi connectivity index (χ3n) is 5.14. The second-order valence-electron chi connectivity index (χ2n) is 8.06. The molecule has 1 aromatic heterocycles. The van der Waals surface area contributed by atoms with E-state index in [9.17, 15) is 9.90 Å². The number of phenolic OH excluding ortho intramolecular Hbond substituents is 1. The van der Waals surface area contributed by atoms with E-state index in [0.29, 0.717) is 33.6 Å². The molecule has 4 rings (SSSR count). The zero-order valence-electron chi connectivity index (χ0n) is 19.0. The number of hydrogen-bond donors (Lipinski definition) is 2. The Labute approximate surface area is 206 Å². The van der Waals surface area contributed by atoms with Crippen LogP contribution in [-0.4, -0.2) is 27.8 Å². The molecule has 0 saturated carbocycles. The van der Waals surface area contributed by atoms with Crippen molar-refractivity contribution in [3.8, 4) is 22.8 Å². The number of halogens is 1. The Morgan fingerprint density at radius 3 is 2.50 bits per heavy atom. The summed E-state index contributed by atoms with van der Waals surface area (Å²) in [7, 11) is 0. The number of ether oxygens (including phenoxy) is 1. The van der Waals surface area contributed by atoms with E-state index < -0.39 is 0 Å². The summed E-state index contributed by atoms with van der Waals surface area (Å²) in [4.78, 5) is 18.0. The Balaban J connectivity index is 1.71. The van der Waals surface area contributed by atoms with Crippen LogP contribution in [0.15, 0.2) is 82.4 Å². The fourth-order valence-corrected chi connectivity index (χ4v) is 3.90. The molecule has 2 N–H and O–H groups in total. The van der Waals surface area contributed by atoms with Gasteiger partial charge in [-0.1, -0.05) is 28.1 Å². The summed E-state index contributed by atoms with van der Waals surface area (Å²) in [6.45, 7) is 5.75. The summed E-state index contributed by atoms with van der Waals surface area (Å²) in [5.74, 6) is 0.519. The first-order valence-electron chi connectivity index (χ1n) is 10.8. The highest BCUT2D eigenvalue weighted by atomic mass is 79.9. The highest BCUT2D eigenvalue weighted by molar-refractivity contribution is 9.10. The van der Waals surface area contributed by atoms with E-state index in [0.717, 1.165) is 15.6 Å². The molecule has 7 heteroatoms. The van der Waals surface area contributed by atoms with Gasteiger partial charge in [-0.3, -0.25) is 4.79 Å². The van der Waals surface area contributed by atoms with Crippen molar-refractivity contribution in [1.82, 2.24) is 10.4 Å². The maximum atomic E-state index is 13.3. The largest absolute Gasteiger partial charge is 0.508 e. The quantitative estimate of drug-likeness (QED) is 0.232. The zero-order chi connectivity index (χ0) is 24.2. The number of benzene rings is 3. The monoisotopic (exact) mass is 517 g/mol. The van der Waals surface area contributed by atoms with Gasteiger partial charge in [0.25, 0.3) is 5.91 Å². The van der Waals surface area contributed by atoms with Gasteiger partial charge in [-0.15, -0.1) is 0 Å². The van der Waals surface area contributed by atoms with Crippen LogP contribution in [0.1, 0.15) is 36.7 Å². The van der Waals surface area contributed by atoms with Crippen LogP contribution in [0.3, 0.4) is 0 Å². The molecule has 1 amide bonds. The first-order valence-corrected chi connectivity index (χ1v) is 11.6. The standard InChI is InChI=1S/C27H24BrN3O3/c1-16(2)34-26-7-5-4-6-21(26)17(3)30-31-27(33)23-15-25(18-8-11-20(32)12-9-18)29-24-13-10-19(28)14-22(23)24/h4-16,32H,1-3H3,(H,31,33)/b30-17+. The molecule has 6 nitrogen and oxygen atoms in total. The lowest BCUT2D eigenvalue weighted by Crippen LogP contribution is -2.20. The minimum atomic E-state index is -0.355. The number of nitrogens with zero attached hydrogens (tertiary/aromatic N) is 2. The Morgan fingerprint density at radius 1 is 1.03 bits per heavy atom. The van der Waals surface area contributed by atoms with Crippen LogP contribution in [0.2, 0.25) is 0 Å². The summed E-state index contributed by atoms with van der Waals surface area (Å²) in [6.07, 6.45) is 0.0171. The number of carbonyl (C=O) groups excluding carboxylic acids is 1. The van der Waals surface area contributed by atoms with E-state index in [1.54, 1.807) is 30.3 Å². The lowest BCUT2D eigenvalue weighted by molar-refractivity contribution is 0.0956. The minimum absolute atomic E-state index is 0.0171. The molecule has 1 heterocycles. The fraction of sp³-hybridized carbons (Fsp3) is 0.148. The Bertz CT molecular complexity index is 1380. The summed E-state index contributed by atoms with van der Waals surface area (Å²) >= 11 is 3.48. The van der Waals surface area contributed by atoms with Crippen molar-refractivity contribution in [3.63, 3.8) is 0 Å². The highest BCUT2D eigenvalue weighted by Crippen LogP contribution is 2.28. The molecule has 0 aliphatic rings. The first-order chi connectivity index (χ1) is 16.3. The summed E-state index contributed by atoms with van der Waals surface area (Å²) in [6, 6.07) is 21.6. The second kappa shape index (κ2) is 10.1. The molecule has 0 radical (unpaired) electrons. The molecule has 3 aromatic carbocycles. The van der Waals surface area contributed by atoms with E-state index in [2.05, 4.69) is 26.5 Å². The highest BCUT2D eigenvalue weighted by Gasteiger charge is 2.15. The van der Waals surface area contributed by atoms with E-state index in [-0.39, 0.29) is 17.8 Å². The smallest absolute Gasteiger partial charge is 0.272 e. The van der Waals surface area contributed by atoms with Gasteiger partial charge in [-0.25, -0.2) is 10.4 Å². The Kier molecular flexibility index (Phi) is 6.93. The molecule has 4 aromatic rings. The van der Waals surface area contributed by atoms with Gasteiger partial charge in [0.05, 0.1) is 28.6 Å². The van der Waals surface area contributed by atoms with E-state index >= 15 is 0 Å². The van der Waals surface area contributed by atoms with Crippen LogP contribution in [0.4, 0.5) is 0 Å². The lowest BCUT2D eigenvalue weighted by Gasteiger charge is -2.14. The number of hydrazone groups is 1. The Hall–Kier alpha value is -3.71. The Morgan fingerprint density at radius 2 is 1.76 bits per heavy atom. The van der Waals surface area contributed by atoms with Crippen LogP contribution < -0.4 is 10.2 Å². The number of phenols is 1. The molecule has 0 bridgehead atoms. The van der Waals surface area contributed by atoms with Crippen LogP contribution in [0, 0.1) is 0 Å². The van der Waals surface area contributed by atoms with E-state index in [1.165, 1.54) is 0 Å². The minimum Gasteiger partial charge on any atom is -0.508 e. The van der Waals surface area contributed by atoms with Gasteiger partial charge in [0, 0.05) is 21.0 Å². The summed E-state index contributed by atoms with van der Waals surface area (Å²) in [5, 5.41) is 14.7. The van der Waals surface area contributed by atoms with Crippen molar-refractivity contribution in [2.75, 3.05) is 0 Å². The maximum absolute atomic E-state index is 13.3. The van der Waals surface area contributed by atoms with Gasteiger partial charge in [-0.2, -0.15) is 5.10 Å². The van der Waals surface area contributed by atoms with Crippen molar-refractivity contribution in [2.24, 2.45) is 5.10 Å². The predicted molar refractivity (Wildman–Crippen MR) is 138 cm³/mol. The molecule has 0 atom stereocenters. The topological polar surface area (TPSA) is 83.8 Å². The normalized spacial score (nSPS) is 11.6. The van der Waals surface area contributed by atoms with Gasteiger partial charge in [0.2, 0.25) is 0 Å². The molecule has 0 fully saturated rings. The van der Waals surface area contributed by atoms with E-state index in [1.807, 2.05) is 63.2 Å². The molecule has 34 heavy (non-hydrogen) atoms. The molecule has 172 valence electrons. The zero-order valence-corrected chi connectivity index (χ0v) is 20.6. The number of nitrogens with one attached hydrogen (secondary N) is 1. The van der Waals surface area contributed by atoms with Crippen molar-refractivity contribution in [2.45, 2.75) is 26.9 Å². The number of carbonyl (C=O) groups is 1. The molecule has 0 aliphatic carbocycles. The van der Waals surface area contributed by atoms with Crippen molar-refractivity contribution >= 4 is 38.5 Å². The molecule has 0 aliphatic heterocycles. The van der Waals surface area contributed by atoms with Gasteiger partial charge < -0.3 is 9.84 Å². The van der Waals surface area contributed by atoms with Crippen LogP contribution >= 0.6 is 15.9 Å². The van der Waals surface area contributed by atoms with Crippen LogP contribution in [0.5, 0.6) is 11.5 Å². The van der Waals surface area contributed by atoms with Gasteiger partial charge in [0.15, 0.2) is 0 Å². The number of pyridine rings is 1. The maximum Gasteiger partial charge on any atom is 0.272 e. The van der Waals surface area contributed by atoms with Gasteiger partial charge >= 0.3 is 0 Å². The van der Waals surface area contributed by atoms with Crippen molar-refractivity contribution < 1.29 is 14.6 Å². The number of fused-ring (bicyclic) bond motifs is 1. The molecular weight excluding hydrogens is 494 g/mol. The number of hydrogen-bond acceptors (Lipinski definition) is 5. The molecule has 0 unspecified atom stereocenters. The van der Waals surface area contributed by atoms with Gasteiger partial charge in [0.1, 0.15) is 11.5 Å². The lowest BCUT2D eigenvalue weighted by atomic mass is 10.0. The average Bonchev–Trinajstić information content (AvgIpc) is 2.82.